The van der Waals surface area contributed by atoms with E-state index in [1.54, 1.807) is 11.9 Å². The van der Waals surface area contributed by atoms with Crippen molar-refractivity contribution >= 4 is 12.1 Å². The Labute approximate surface area is 162 Å². The minimum Gasteiger partial charge on any atom is -0.494 e. The predicted molar refractivity (Wildman–Crippen MR) is 107 cm³/mol. The van der Waals surface area contributed by atoms with Crippen LogP contribution in [0.3, 0.4) is 0 Å². The number of piperidine rings is 1. The average molecular weight is 377 g/mol. The van der Waals surface area contributed by atoms with E-state index in [1.807, 2.05) is 32.0 Å². The van der Waals surface area contributed by atoms with Crippen molar-refractivity contribution < 1.29 is 14.3 Å². The molecule has 0 aromatic heterocycles. The van der Waals surface area contributed by atoms with E-state index in [2.05, 4.69) is 21.7 Å². The van der Waals surface area contributed by atoms with Crippen molar-refractivity contribution in [2.24, 2.45) is 4.99 Å². The van der Waals surface area contributed by atoms with Gasteiger partial charge in [0.15, 0.2) is 5.96 Å². The van der Waals surface area contributed by atoms with Crippen molar-refractivity contribution in [1.82, 2.24) is 15.5 Å². The number of likely N-dealkylation sites (tertiary alicyclic amines) is 1. The molecule has 1 amide bonds. The van der Waals surface area contributed by atoms with Gasteiger partial charge in [0.1, 0.15) is 5.75 Å². The monoisotopic (exact) mass is 376 g/mol. The zero-order valence-electron chi connectivity index (χ0n) is 16.7. The molecule has 2 N–H and O–H groups in total. The van der Waals surface area contributed by atoms with Crippen molar-refractivity contribution in [2.75, 3.05) is 39.9 Å². The largest absolute Gasteiger partial charge is 0.494 e. The van der Waals surface area contributed by atoms with Crippen LogP contribution in [0.4, 0.5) is 4.79 Å². The van der Waals surface area contributed by atoms with Crippen LogP contribution in [-0.4, -0.2) is 62.9 Å². The fourth-order valence-electron chi connectivity index (χ4n) is 3.13. The van der Waals surface area contributed by atoms with Gasteiger partial charge in [0.2, 0.25) is 0 Å². The Kier molecular flexibility index (Phi) is 8.74. The van der Waals surface area contributed by atoms with Gasteiger partial charge in [0.25, 0.3) is 0 Å². The third-order valence-electron chi connectivity index (χ3n) is 4.54. The van der Waals surface area contributed by atoms with Crippen LogP contribution < -0.4 is 15.4 Å². The normalized spacial score (nSPS) is 15.4. The van der Waals surface area contributed by atoms with Gasteiger partial charge in [-0.3, -0.25) is 4.99 Å². The summed E-state index contributed by atoms with van der Waals surface area (Å²) in [4.78, 5) is 17.9. The molecule has 7 nitrogen and oxygen atoms in total. The van der Waals surface area contributed by atoms with Crippen LogP contribution in [0.5, 0.6) is 5.75 Å². The molecular weight excluding hydrogens is 344 g/mol. The number of nitrogens with zero attached hydrogens (tertiary/aromatic N) is 2. The first-order chi connectivity index (χ1) is 13.2. The van der Waals surface area contributed by atoms with Gasteiger partial charge >= 0.3 is 6.09 Å². The van der Waals surface area contributed by atoms with E-state index in [-0.39, 0.29) is 6.09 Å². The lowest BCUT2D eigenvalue weighted by Gasteiger charge is -2.32. The summed E-state index contributed by atoms with van der Waals surface area (Å²) < 4.78 is 10.7. The van der Waals surface area contributed by atoms with E-state index in [4.69, 9.17) is 9.47 Å². The van der Waals surface area contributed by atoms with Crippen molar-refractivity contribution in [3.8, 4) is 5.75 Å². The fraction of sp³-hybridized carbons (Fsp3) is 0.600. The second kappa shape index (κ2) is 11.3. The number of carbonyl (C=O) groups is 1. The average Bonchev–Trinajstić information content (AvgIpc) is 2.69. The highest BCUT2D eigenvalue weighted by Crippen LogP contribution is 2.18. The molecule has 1 aliphatic heterocycles. The van der Waals surface area contributed by atoms with Gasteiger partial charge in [-0.1, -0.05) is 18.2 Å². The zero-order chi connectivity index (χ0) is 19.5. The Morgan fingerprint density at radius 3 is 2.63 bits per heavy atom. The SMILES string of the molecule is CCOC(=O)N1CCC(NC(=NC)NCCc2ccccc2OCC)CC1. The number of ether oxygens (including phenoxy) is 2. The van der Waals surface area contributed by atoms with Crippen LogP contribution in [0.1, 0.15) is 32.3 Å². The van der Waals surface area contributed by atoms with Crippen LogP contribution in [0.25, 0.3) is 0 Å². The Morgan fingerprint density at radius 1 is 1.22 bits per heavy atom. The molecule has 0 aliphatic carbocycles. The lowest BCUT2D eigenvalue weighted by molar-refractivity contribution is 0.0963. The molecule has 0 radical (unpaired) electrons. The van der Waals surface area contributed by atoms with Crippen molar-refractivity contribution in [2.45, 2.75) is 39.2 Å². The Balaban J connectivity index is 1.75. The van der Waals surface area contributed by atoms with Gasteiger partial charge in [-0.2, -0.15) is 0 Å². The molecule has 0 saturated carbocycles. The molecule has 1 fully saturated rings. The maximum Gasteiger partial charge on any atom is 0.409 e. The lowest BCUT2D eigenvalue weighted by atomic mass is 10.1. The predicted octanol–water partition coefficient (Wildman–Crippen LogP) is 2.41. The molecule has 1 aromatic carbocycles. The molecule has 1 aromatic rings. The van der Waals surface area contributed by atoms with Crippen LogP contribution in [0.2, 0.25) is 0 Å². The third kappa shape index (κ3) is 6.66. The zero-order valence-corrected chi connectivity index (χ0v) is 16.7. The molecular formula is C20H32N4O3. The number of rotatable bonds is 7. The number of guanidine groups is 1. The minimum absolute atomic E-state index is 0.216. The first-order valence-electron chi connectivity index (χ1n) is 9.77. The number of amides is 1. The molecule has 7 heteroatoms. The summed E-state index contributed by atoms with van der Waals surface area (Å²) in [6, 6.07) is 8.42. The lowest BCUT2D eigenvalue weighted by Crippen LogP contribution is -2.50. The van der Waals surface area contributed by atoms with E-state index in [9.17, 15) is 4.79 Å². The Hall–Kier alpha value is -2.44. The van der Waals surface area contributed by atoms with E-state index in [1.165, 1.54) is 5.56 Å². The summed E-state index contributed by atoms with van der Waals surface area (Å²) in [6.45, 7) is 7.08. The van der Waals surface area contributed by atoms with Gasteiger partial charge in [0.05, 0.1) is 13.2 Å². The highest BCUT2D eigenvalue weighted by molar-refractivity contribution is 5.80. The van der Waals surface area contributed by atoms with Crippen molar-refractivity contribution in [3.05, 3.63) is 29.8 Å². The van der Waals surface area contributed by atoms with Gasteiger partial charge in [-0.05, 0) is 44.7 Å². The molecule has 2 rings (SSSR count). The summed E-state index contributed by atoms with van der Waals surface area (Å²) in [5.74, 6) is 1.73. The highest BCUT2D eigenvalue weighted by atomic mass is 16.6. The molecule has 0 unspecified atom stereocenters. The minimum atomic E-state index is -0.216. The van der Waals surface area contributed by atoms with Crippen molar-refractivity contribution in [1.29, 1.82) is 0 Å². The Morgan fingerprint density at radius 2 is 1.96 bits per heavy atom. The molecule has 27 heavy (non-hydrogen) atoms. The molecule has 0 spiro atoms. The first-order valence-corrected chi connectivity index (χ1v) is 9.77. The van der Waals surface area contributed by atoms with Gasteiger partial charge in [-0.25, -0.2) is 4.79 Å². The van der Waals surface area contributed by atoms with E-state index >= 15 is 0 Å². The molecule has 1 saturated heterocycles. The summed E-state index contributed by atoms with van der Waals surface area (Å²) in [7, 11) is 1.78. The van der Waals surface area contributed by atoms with E-state index < -0.39 is 0 Å². The highest BCUT2D eigenvalue weighted by Gasteiger charge is 2.23. The number of benzene rings is 1. The molecule has 150 valence electrons. The topological polar surface area (TPSA) is 75.2 Å². The van der Waals surface area contributed by atoms with Crippen LogP contribution in [0.15, 0.2) is 29.3 Å². The van der Waals surface area contributed by atoms with Crippen molar-refractivity contribution in [3.63, 3.8) is 0 Å². The Bertz CT molecular complexity index is 613. The first kappa shape index (κ1) is 20.9. The number of aliphatic imine (C=N–C) groups is 1. The third-order valence-corrected chi connectivity index (χ3v) is 4.54. The second-order valence-corrected chi connectivity index (χ2v) is 6.39. The maximum atomic E-state index is 11.8. The summed E-state index contributed by atoms with van der Waals surface area (Å²) in [5.41, 5.74) is 1.19. The summed E-state index contributed by atoms with van der Waals surface area (Å²) >= 11 is 0. The van der Waals surface area contributed by atoms with E-state index in [0.29, 0.717) is 32.3 Å². The number of carbonyl (C=O) groups excluding carboxylic acids is 1. The van der Waals surface area contributed by atoms with Gasteiger partial charge in [-0.15, -0.1) is 0 Å². The number of nitrogens with one attached hydrogen (secondary N) is 2. The number of para-hydroxylation sites is 1. The fourth-order valence-corrected chi connectivity index (χ4v) is 3.13. The smallest absolute Gasteiger partial charge is 0.409 e. The summed E-state index contributed by atoms with van der Waals surface area (Å²) in [5, 5.41) is 6.82. The maximum absolute atomic E-state index is 11.8. The second-order valence-electron chi connectivity index (χ2n) is 6.39. The quantitative estimate of drug-likeness (QED) is 0.565. The molecule has 0 bridgehead atoms. The standard InChI is InChI=1S/C20H32N4O3/c1-4-26-18-9-7-6-8-16(18)10-13-22-19(21-3)23-17-11-14-24(15-12-17)20(25)27-5-2/h6-9,17H,4-5,10-15H2,1-3H3,(H2,21,22,23). The van der Waals surface area contributed by atoms with Crippen LogP contribution in [0, 0.1) is 0 Å². The molecule has 1 heterocycles. The van der Waals surface area contributed by atoms with E-state index in [0.717, 1.165) is 37.5 Å². The summed E-state index contributed by atoms with van der Waals surface area (Å²) in [6.07, 6.45) is 2.41. The van der Waals surface area contributed by atoms with Crippen LogP contribution >= 0.6 is 0 Å². The van der Waals surface area contributed by atoms with Gasteiger partial charge < -0.3 is 25.0 Å². The number of hydrogen-bond acceptors (Lipinski definition) is 4. The molecule has 1 aliphatic rings. The number of hydrogen-bond donors (Lipinski definition) is 2. The molecule has 0 atom stereocenters. The van der Waals surface area contributed by atoms with Gasteiger partial charge in [0, 0.05) is 32.7 Å². The van der Waals surface area contributed by atoms with Crippen LogP contribution in [-0.2, 0) is 11.2 Å².